The van der Waals surface area contributed by atoms with Crippen molar-refractivity contribution in [3.8, 4) is 17.2 Å². The highest BCUT2D eigenvalue weighted by Crippen LogP contribution is 2.31. The maximum atomic E-state index is 13.6. The Morgan fingerprint density at radius 2 is 1.76 bits per heavy atom. The topological polar surface area (TPSA) is 87.9 Å². The Labute approximate surface area is 143 Å². The van der Waals surface area contributed by atoms with E-state index in [1.807, 2.05) is 0 Å². The van der Waals surface area contributed by atoms with Gasteiger partial charge < -0.3 is 14.2 Å². The van der Waals surface area contributed by atoms with Crippen LogP contribution in [0.2, 0.25) is 0 Å². The van der Waals surface area contributed by atoms with Crippen LogP contribution < -0.4 is 14.2 Å². The van der Waals surface area contributed by atoms with E-state index >= 15 is 0 Å². The van der Waals surface area contributed by atoms with E-state index in [1.54, 1.807) is 6.07 Å². The molecule has 7 nitrogen and oxygen atoms in total. The van der Waals surface area contributed by atoms with Gasteiger partial charge in [-0.3, -0.25) is 14.9 Å². The van der Waals surface area contributed by atoms with Gasteiger partial charge in [-0.25, -0.2) is 4.39 Å². The van der Waals surface area contributed by atoms with E-state index in [4.69, 9.17) is 14.2 Å². The SMILES string of the molecule is COc1ccc(CCC(=O)Oc2cc([N+](=O)[O-])ccc2OC)cc1F. The zero-order chi connectivity index (χ0) is 18.4. The quantitative estimate of drug-likeness (QED) is 0.330. The molecule has 0 saturated heterocycles. The van der Waals surface area contributed by atoms with Gasteiger partial charge in [0.25, 0.3) is 5.69 Å². The van der Waals surface area contributed by atoms with E-state index in [-0.39, 0.29) is 35.8 Å². The number of aryl methyl sites for hydroxylation is 1. The maximum absolute atomic E-state index is 13.6. The highest BCUT2D eigenvalue weighted by Gasteiger charge is 2.16. The molecular weight excluding hydrogens is 333 g/mol. The summed E-state index contributed by atoms with van der Waals surface area (Å²) in [5.74, 6) is -0.853. The molecule has 0 aromatic heterocycles. The first-order valence-corrected chi connectivity index (χ1v) is 7.30. The lowest BCUT2D eigenvalue weighted by Crippen LogP contribution is -2.10. The number of nitro groups is 1. The van der Waals surface area contributed by atoms with Gasteiger partial charge in [-0.05, 0) is 30.2 Å². The number of esters is 1. The molecule has 0 spiro atoms. The normalized spacial score (nSPS) is 10.2. The molecule has 0 heterocycles. The summed E-state index contributed by atoms with van der Waals surface area (Å²) in [6.07, 6.45) is 0.217. The number of ether oxygens (including phenoxy) is 3. The van der Waals surface area contributed by atoms with Crippen LogP contribution in [0.25, 0.3) is 0 Å². The molecule has 0 radical (unpaired) electrons. The van der Waals surface area contributed by atoms with Crippen molar-refractivity contribution in [2.75, 3.05) is 14.2 Å². The minimum atomic E-state index is -0.616. The van der Waals surface area contributed by atoms with Gasteiger partial charge in [-0.15, -0.1) is 0 Å². The number of carbonyl (C=O) groups is 1. The fourth-order valence-electron chi connectivity index (χ4n) is 2.14. The van der Waals surface area contributed by atoms with Crippen LogP contribution in [0.1, 0.15) is 12.0 Å². The van der Waals surface area contributed by atoms with Crippen molar-refractivity contribution in [1.29, 1.82) is 0 Å². The first-order valence-electron chi connectivity index (χ1n) is 7.30. The summed E-state index contributed by atoms with van der Waals surface area (Å²) < 4.78 is 28.6. The highest BCUT2D eigenvalue weighted by molar-refractivity contribution is 5.74. The van der Waals surface area contributed by atoms with Crippen LogP contribution in [0.3, 0.4) is 0 Å². The molecule has 25 heavy (non-hydrogen) atoms. The zero-order valence-corrected chi connectivity index (χ0v) is 13.7. The summed E-state index contributed by atoms with van der Waals surface area (Å²) in [5.41, 5.74) is 0.377. The molecule has 132 valence electrons. The second-order valence-corrected chi connectivity index (χ2v) is 5.04. The molecular formula is C17H16FNO6. The number of methoxy groups -OCH3 is 2. The number of non-ortho nitro benzene ring substituents is 1. The van der Waals surface area contributed by atoms with Crippen LogP contribution in [0, 0.1) is 15.9 Å². The average Bonchev–Trinajstić information content (AvgIpc) is 2.60. The lowest BCUT2D eigenvalue weighted by atomic mass is 10.1. The summed E-state index contributed by atoms with van der Waals surface area (Å²) in [6, 6.07) is 8.10. The third-order valence-electron chi connectivity index (χ3n) is 3.42. The Bertz CT molecular complexity index is 793. The molecule has 2 rings (SSSR count). The molecule has 0 aliphatic heterocycles. The number of hydrogen-bond donors (Lipinski definition) is 0. The van der Waals surface area contributed by atoms with Crippen molar-refractivity contribution in [3.05, 3.63) is 57.9 Å². The Morgan fingerprint density at radius 3 is 2.36 bits per heavy atom. The highest BCUT2D eigenvalue weighted by atomic mass is 19.1. The third-order valence-corrected chi connectivity index (χ3v) is 3.42. The smallest absolute Gasteiger partial charge is 0.311 e. The van der Waals surface area contributed by atoms with Crippen LogP contribution in [0.4, 0.5) is 10.1 Å². The lowest BCUT2D eigenvalue weighted by molar-refractivity contribution is -0.384. The third kappa shape index (κ3) is 4.66. The average molecular weight is 349 g/mol. The summed E-state index contributed by atoms with van der Waals surface area (Å²) in [4.78, 5) is 22.2. The predicted molar refractivity (Wildman–Crippen MR) is 86.6 cm³/mol. The lowest BCUT2D eigenvalue weighted by Gasteiger charge is -2.09. The molecule has 2 aromatic rings. The number of hydrogen-bond acceptors (Lipinski definition) is 6. The molecule has 2 aromatic carbocycles. The molecule has 0 atom stereocenters. The summed E-state index contributed by atoms with van der Waals surface area (Å²) in [6.45, 7) is 0. The van der Waals surface area contributed by atoms with Crippen LogP contribution >= 0.6 is 0 Å². The van der Waals surface area contributed by atoms with Gasteiger partial charge >= 0.3 is 5.97 Å². The molecule has 0 N–H and O–H groups in total. The van der Waals surface area contributed by atoms with Crippen molar-refractivity contribution in [2.45, 2.75) is 12.8 Å². The minimum absolute atomic E-state index is 0.0301. The Kier molecular flexibility index (Phi) is 5.89. The fourth-order valence-corrected chi connectivity index (χ4v) is 2.14. The van der Waals surface area contributed by atoms with Crippen LogP contribution in [-0.2, 0) is 11.2 Å². The van der Waals surface area contributed by atoms with Gasteiger partial charge in [-0.2, -0.15) is 0 Å². The van der Waals surface area contributed by atoms with Gasteiger partial charge in [-0.1, -0.05) is 6.07 Å². The largest absolute Gasteiger partial charge is 0.494 e. The van der Waals surface area contributed by atoms with Crippen molar-refractivity contribution in [1.82, 2.24) is 0 Å². The number of rotatable bonds is 7. The standard InChI is InChI=1S/C17H16FNO6/c1-23-14-6-3-11(9-13(14)18)4-8-17(20)25-16-10-12(19(21)22)5-7-15(16)24-2/h3,5-7,9-10H,4,8H2,1-2H3. The summed E-state index contributed by atoms with van der Waals surface area (Å²) in [7, 11) is 2.72. The Hall–Kier alpha value is -3.16. The molecule has 0 saturated carbocycles. The van der Waals surface area contributed by atoms with Crippen LogP contribution in [0.15, 0.2) is 36.4 Å². The second-order valence-electron chi connectivity index (χ2n) is 5.04. The molecule has 0 aliphatic carbocycles. The molecule has 0 fully saturated rings. The number of nitrogens with zero attached hydrogens (tertiary/aromatic N) is 1. The van der Waals surface area contributed by atoms with E-state index in [1.165, 1.54) is 38.5 Å². The first kappa shape index (κ1) is 18.2. The van der Waals surface area contributed by atoms with Crippen molar-refractivity contribution >= 4 is 11.7 Å². The van der Waals surface area contributed by atoms with E-state index in [0.717, 1.165) is 6.07 Å². The van der Waals surface area contributed by atoms with Crippen molar-refractivity contribution < 1.29 is 28.3 Å². The van der Waals surface area contributed by atoms with Gasteiger partial charge in [0.1, 0.15) is 0 Å². The monoisotopic (exact) mass is 349 g/mol. The van der Waals surface area contributed by atoms with Crippen molar-refractivity contribution in [3.63, 3.8) is 0 Å². The van der Waals surface area contributed by atoms with Crippen LogP contribution in [0.5, 0.6) is 17.2 Å². The number of nitro benzene ring substituents is 1. The van der Waals surface area contributed by atoms with E-state index in [2.05, 4.69) is 0 Å². The minimum Gasteiger partial charge on any atom is -0.494 e. The van der Waals surface area contributed by atoms with Gasteiger partial charge in [0, 0.05) is 12.5 Å². The summed E-state index contributed by atoms with van der Waals surface area (Å²) in [5, 5.41) is 10.8. The van der Waals surface area contributed by atoms with E-state index in [0.29, 0.717) is 5.56 Å². The van der Waals surface area contributed by atoms with Gasteiger partial charge in [0.15, 0.2) is 23.1 Å². The number of halogens is 1. The number of carbonyl (C=O) groups excluding carboxylic acids is 1. The summed E-state index contributed by atoms with van der Waals surface area (Å²) >= 11 is 0. The van der Waals surface area contributed by atoms with Crippen LogP contribution in [-0.4, -0.2) is 25.1 Å². The maximum Gasteiger partial charge on any atom is 0.311 e. The second kappa shape index (κ2) is 8.09. The van der Waals surface area contributed by atoms with Crippen molar-refractivity contribution in [2.24, 2.45) is 0 Å². The Balaban J connectivity index is 2.04. The molecule has 0 bridgehead atoms. The molecule has 0 amide bonds. The molecule has 0 unspecified atom stereocenters. The van der Waals surface area contributed by atoms with Gasteiger partial charge in [0.05, 0.1) is 25.2 Å². The Morgan fingerprint density at radius 1 is 1.08 bits per heavy atom. The van der Waals surface area contributed by atoms with E-state index in [9.17, 15) is 19.3 Å². The predicted octanol–water partition coefficient (Wildman–Crippen LogP) is 3.29. The molecule has 8 heteroatoms. The fraction of sp³-hybridized carbons (Fsp3) is 0.235. The van der Waals surface area contributed by atoms with E-state index < -0.39 is 16.7 Å². The first-order chi connectivity index (χ1) is 11.9. The van der Waals surface area contributed by atoms with Gasteiger partial charge in [0.2, 0.25) is 0 Å². The molecule has 0 aliphatic rings. The number of benzene rings is 2. The zero-order valence-electron chi connectivity index (χ0n) is 13.7.